The molecule has 0 aliphatic heterocycles. The molecule has 0 saturated heterocycles. The Morgan fingerprint density at radius 1 is 1.30 bits per heavy atom. The van der Waals surface area contributed by atoms with Gasteiger partial charge in [0.05, 0.1) is 4.90 Å². The van der Waals surface area contributed by atoms with Gasteiger partial charge in [0.2, 0.25) is 10.0 Å². The van der Waals surface area contributed by atoms with Crippen LogP contribution in [0.5, 0.6) is 0 Å². The van der Waals surface area contributed by atoms with Crippen molar-refractivity contribution in [1.29, 1.82) is 0 Å². The van der Waals surface area contributed by atoms with Crippen LogP contribution in [-0.4, -0.2) is 19.8 Å². The number of nitrogens with zero attached hydrogens (tertiary/aromatic N) is 1. The zero-order valence-corrected chi connectivity index (χ0v) is 13.4. The van der Waals surface area contributed by atoms with Gasteiger partial charge in [-0.1, -0.05) is 0 Å². The second kappa shape index (κ2) is 5.55. The fourth-order valence-corrected chi connectivity index (χ4v) is 3.85. The molecule has 0 fully saturated rings. The van der Waals surface area contributed by atoms with Crippen molar-refractivity contribution in [3.8, 4) is 0 Å². The van der Waals surface area contributed by atoms with Gasteiger partial charge in [-0.15, -0.1) is 0 Å². The molecule has 2 aromatic rings. The summed E-state index contributed by atoms with van der Waals surface area (Å²) in [7, 11) is -1.94. The molecule has 0 bridgehead atoms. The maximum atomic E-state index is 12.5. The summed E-state index contributed by atoms with van der Waals surface area (Å²) in [6, 6.07) is 5.12. The zero-order chi connectivity index (χ0) is 14.9. The molecule has 0 amide bonds. The van der Waals surface area contributed by atoms with Crippen LogP contribution in [0.3, 0.4) is 0 Å². The lowest BCUT2D eigenvalue weighted by Crippen LogP contribution is -2.26. The van der Waals surface area contributed by atoms with Crippen LogP contribution in [0.15, 0.2) is 33.9 Å². The van der Waals surface area contributed by atoms with Crippen molar-refractivity contribution in [2.45, 2.75) is 25.3 Å². The number of anilines is 1. The summed E-state index contributed by atoms with van der Waals surface area (Å²) < 4.78 is 26.4. The molecular weight excluding hydrogens is 292 g/mol. The minimum Gasteiger partial charge on any atom is -0.398 e. The fourth-order valence-electron chi connectivity index (χ4n) is 1.91. The highest BCUT2D eigenvalue weighted by atomic mass is 32.2. The summed E-state index contributed by atoms with van der Waals surface area (Å²) in [5.74, 6) is 0. The van der Waals surface area contributed by atoms with Crippen molar-refractivity contribution in [2.75, 3.05) is 12.8 Å². The lowest BCUT2D eigenvalue weighted by Gasteiger charge is -2.18. The highest BCUT2D eigenvalue weighted by Gasteiger charge is 2.22. The third-order valence-electron chi connectivity index (χ3n) is 3.37. The Kier molecular flexibility index (Phi) is 4.17. The molecule has 0 radical (unpaired) electrons. The van der Waals surface area contributed by atoms with Crippen LogP contribution in [-0.2, 0) is 16.6 Å². The molecule has 20 heavy (non-hydrogen) atoms. The van der Waals surface area contributed by atoms with Gasteiger partial charge in [-0.3, -0.25) is 0 Å². The van der Waals surface area contributed by atoms with Gasteiger partial charge >= 0.3 is 0 Å². The molecule has 2 N–H and O–H groups in total. The van der Waals surface area contributed by atoms with E-state index in [1.165, 1.54) is 10.4 Å². The number of thiophene rings is 1. The van der Waals surface area contributed by atoms with Crippen molar-refractivity contribution < 1.29 is 8.42 Å². The first-order chi connectivity index (χ1) is 9.32. The summed E-state index contributed by atoms with van der Waals surface area (Å²) >= 11 is 1.55. The van der Waals surface area contributed by atoms with Crippen LogP contribution in [0.4, 0.5) is 5.69 Å². The predicted molar refractivity (Wildman–Crippen MR) is 83.3 cm³/mol. The fraction of sp³-hybridized carbons (Fsp3) is 0.286. The standard InChI is InChI=1S/C14H18N2O2S2/c1-10-6-13(7-14(15)11(10)2)20(17,18)16(3)8-12-4-5-19-9-12/h4-7,9H,8,15H2,1-3H3. The minimum absolute atomic E-state index is 0.246. The lowest BCUT2D eigenvalue weighted by atomic mass is 10.1. The van der Waals surface area contributed by atoms with Crippen LogP contribution in [0.1, 0.15) is 16.7 Å². The van der Waals surface area contributed by atoms with Crippen LogP contribution in [0, 0.1) is 13.8 Å². The molecule has 0 aliphatic carbocycles. The molecule has 0 saturated carbocycles. The largest absolute Gasteiger partial charge is 0.398 e. The van der Waals surface area contributed by atoms with Crippen molar-refractivity contribution in [1.82, 2.24) is 4.31 Å². The van der Waals surface area contributed by atoms with Gasteiger partial charge in [0.15, 0.2) is 0 Å². The Morgan fingerprint density at radius 3 is 2.55 bits per heavy atom. The quantitative estimate of drug-likeness (QED) is 0.883. The molecule has 4 nitrogen and oxygen atoms in total. The van der Waals surface area contributed by atoms with E-state index in [0.717, 1.165) is 16.7 Å². The van der Waals surface area contributed by atoms with Gasteiger partial charge in [-0.25, -0.2) is 8.42 Å². The van der Waals surface area contributed by atoms with E-state index in [9.17, 15) is 8.42 Å². The van der Waals surface area contributed by atoms with Crippen LogP contribution in [0.25, 0.3) is 0 Å². The number of nitrogen functional groups attached to an aromatic ring is 1. The molecule has 1 aromatic carbocycles. The van der Waals surface area contributed by atoms with E-state index < -0.39 is 10.0 Å². The monoisotopic (exact) mass is 310 g/mol. The number of benzene rings is 1. The van der Waals surface area contributed by atoms with Gasteiger partial charge < -0.3 is 5.73 Å². The molecule has 0 atom stereocenters. The number of rotatable bonds is 4. The summed E-state index contributed by atoms with van der Waals surface area (Å²) in [5.41, 5.74) is 9.17. The number of hydrogen-bond acceptors (Lipinski definition) is 4. The number of hydrogen-bond donors (Lipinski definition) is 1. The van der Waals surface area contributed by atoms with Gasteiger partial charge in [-0.2, -0.15) is 15.6 Å². The van der Waals surface area contributed by atoms with Crippen LogP contribution < -0.4 is 5.73 Å². The average Bonchev–Trinajstić information content (AvgIpc) is 2.88. The van der Waals surface area contributed by atoms with E-state index in [2.05, 4.69) is 0 Å². The van der Waals surface area contributed by atoms with Crippen molar-refractivity contribution >= 4 is 27.0 Å². The van der Waals surface area contributed by atoms with Gasteiger partial charge in [0, 0.05) is 19.3 Å². The summed E-state index contributed by atoms with van der Waals surface area (Å²) in [4.78, 5) is 0.246. The smallest absolute Gasteiger partial charge is 0.243 e. The third-order valence-corrected chi connectivity index (χ3v) is 5.89. The van der Waals surface area contributed by atoms with E-state index in [-0.39, 0.29) is 4.90 Å². The zero-order valence-electron chi connectivity index (χ0n) is 11.8. The molecule has 2 rings (SSSR count). The molecular formula is C14H18N2O2S2. The Bertz CT molecular complexity index is 684. The third kappa shape index (κ3) is 2.87. The average molecular weight is 310 g/mol. The van der Waals surface area contributed by atoms with E-state index >= 15 is 0 Å². The highest BCUT2D eigenvalue weighted by molar-refractivity contribution is 7.89. The van der Waals surface area contributed by atoms with Crippen LogP contribution in [0.2, 0.25) is 0 Å². The van der Waals surface area contributed by atoms with Gasteiger partial charge in [0.25, 0.3) is 0 Å². The Morgan fingerprint density at radius 2 is 2.00 bits per heavy atom. The topological polar surface area (TPSA) is 63.4 Å². The van der Waals surface area contributed by atoms with Crippen molar-refractivity contribution in [3.05, 3.63) is 45.6 Å². The first-order valence-corrected chi connectivity index (χ1v) is 8.55. The van der Waals surface area contributed by atoms with Crippen molar-refractivity contribution in [3.63, 3.8) is 0 Å². The van der Waals surface area contributed by atoms with Gasteiger partial charge in [-0.05, 0) is 59.5 Å². The summed E-state index contributed by atoms with van der Waals surface area (Å²) in [6.07, 6.45) is 0. The first-order valence-electron chi connectivity index (χ1n) is 6.16. The van der Waals surface area contributed by atoms with E-state index in [1.807, 2.05) is 30.7 Å². The van der Waals surface area contributed by atoms with E-state index in [1.54, 1.807) is 24.5 Å². The molecule has 108 valence electrons. The van der Waals surface area contributed by atoms with E-state index in [4.69, 9.17) is 5.73 Å². The first kappa shape index (κ1) is 15.0. The molecule has 0 spiro atoms. The summed E-state index contributed by atoms with van der Waals surface area (Å²) in [5, 5.41) is 3.88. The Labute approximate surface area is 123 Å². The number of sulfonamides is 1. The maximum absolute atomic E-state index is 12.5. The number of nitrogens with two attached hydrogens (primary N) is 1. The maximum Gasteiger partial charge on any atom is 0.243 e. The number of aryl methyl sites for hydroxylation is 1. The van der Waals surface area contributed by atoms with Crippen molar-refractivity contribution in [2.24, 2.45) is 0 Å². The molecule has 6 heteroatoms. The predicted octanol–water partition coefficient (Wildman–Crippen LogP) is 2.77. The normalized spacial score (nSPS) is 12.0. The minimum atomic E-state index is -3.52. The molecule has 1 aromatic heterocycles. The molecule has 0 aliphatic rings. The Hall–Kier alpha value is -1.37. The van der Waals surface area contributed by atoms with Gasteiger partial charge in [0.1, 0.15) is 0 Å². The second-order valence-electron chi connectivity index (χ2n) is 4.85. The molecule has 1 heterocycles. The highest BCUT2D eigenvalue weighted by Crippen LogP contribution is 2.24. The van der Waals surface area contributed by atoms with E-state index in [0.29, 0.717) is 12.2 Å². The lowest BCUT2D eigenvalue weighted by molar-refractivity contribution is 0.467. The summed E-state index contributed by atoms with van der Waals surface area (Å²) in [6.45, 7) is 4.11. The Balaban J connectivity index is 2.35. The van der Waals surface area contributed by atoms with Crippen LogP contribution >= 0.6 is 11.3 Å². The SMILES string of the molecule is Cc1cc(S(=O)(=O)N(C)Cc2ccsc2)cc(N)c1C. The molecule has 0 unspecified atom stereocenters. The second-order valence-corrected chi connectivity index (χ2v) is 7.67.